The van der Waals surface area contributed by atoms with E-state index < -0.39 is 4.92 Å². The van der Waals surface area contributed by atoms with Gasteiger partial charge in [0.2, 0.25) is 0 Å². The zero-order chi connectivity index (χ0) is 13.0. The summed E-state index contributed by atoms with van der Waals surface area (Å²) >= 11 is 3.29. The monoisotopic (exact) mass is 303 g/mol. The Balaban J connectivity index is 2.80. The largest absolute Gasteiger partial charge is 0.358 e. The Morgan fingerprint density at radius 1 is 1.65 bits per heavy atom. The molecule has 0 saturated heterocycles. The molecule has 1 unspecified atom stereocenters. The van der Waals surface area contributed by atoms with Crippen molar-refractivity contribution in [3.05, 3.63) is 27.9 Å². The van der Waals surface area contributed by atoms with Gasteiger partial charge in [-0.1, -0.05) is 15.9 Å². The molecule has 1 atom stereocenters. The quantitative estimate of drug-likeness (QED) is 0.512. The Bertz CT molecular complexity index is 430. The Labute approximate surface area is 107 Å². The fourth-order valence-electron chi connectivity index (χ4n) is 1.45. The highest BCUT2D eigenvalue weighted by Gasteiger charge is 2.21. The molecule has 7 heteroatoms. The lowest BCUT2D eigenvalue weighted by Gasteiger charge is -2.11. The average Bonchev–Trinajstić information content (AvgIpc) is 2.60. The van der Waals surface area contributed by atoms with Gasteiger partial charge in [-0.3, -0.25) is 4.79 Å². The van der Waals surface area contributed by atoms with Gasteiger partial charge in [-0.25, -0.2) is 4.57 Å². The van der Waals surface area contributed by atoms with Crippen molar-refractivity contribution in [2.75, 3.05) is 5.33 Å². The second-order valence-corrected chi connectivity index (χ2v) is 4.54. The average molecular weight is 304 g/mol. The first-order valence-corrected chi connectivity index (χ1v) is 6.26. The lowest BCUT2D eigenvalue weighted by atomic mass is 10.2. The first kappa shape index (κ1) is 13.7. The summed E-state index contributed by atoms with van der Waals surface area (Å²) in [6.07, 6.45) is 0.804. The van der Waals surface area contributed by atoms with Crippen LogP contribution in [0.5, 0.6) is 0 Å². The highest BCUT2D eigenvalue weighted by Crippen LogP contribution is 2.15. The smallest absolute Gasteiger partial charge is 0.323 e. The molecule has 1 aromatic rings. The number of nitrogens with one attached hydrogen (secondary N) is 1. The van der Waals surface area contributed by atoms with E-state index in [0.717, 1.165) is 11.8 Å². The van der Waals surface area contributed by atoms with Crippen LogP contribution in [0.25, 0.3) is 0 Å². The Kier molecular flexibility index (Phi) is 4.68. The number of halogens is 1. The van der Waals surface area contributed by atoms with Crippen molar-refractivity contribution in [3.63, 3.8) is 0 Å². The van der Waals surface area contributed by atoms with Gasteiger partial charge < -0.3 is 15.4 Å². The lowest BCUT2D eigenvalue weighted by Crippen LogP contribution is -2.33. The maximum absolute atomic E-state index is 11.8. The van der Waals surface area contributed by atoms with Crippen LogP contribution in [0.2, 0.25) is 0 Å². The highest BCUT2D eigenvalue weighted by molar-refractivity contribution is 9.09. The minimum absolute atomic E-state index is 0.0239. The topological polar surface area (TPSA) is 77.2 Å². The maximum Gasteiger partial charge on any atom is 0.323 e. The van der Waals surface area contributed by atoms with Crippen molar-refractivity contribution in [3.8, 4) is 0 Å². The first-order chi connectivity index (χ1) is 7.97. The molecule has 0 saturated carbocycles. The van der Waals surface area contributed by atoms with Crippen molar-refractivity contribution in [2.45, 2.75) is 19.4 Å². The number of nitrogens with zero attached hydrogens (tertiary/aromatic N) is 2. The molecule has 1 rings (SSSR count). The van der Waals surface area contributed by atoms with Crippen LogP contribution in [0.4, 0.5) is 5.82 Å². The molecular weight excluding hydrogens is 290 g/mol. The summed E-state index contributed by atoms with van der Waals surface area (Å²) in [5.41, 5.74) is 0.290. The number of alkyl halides is 1. The van der Waals surface area contributed by atoms with Gasteiger partial charge in [0.25, 0.3) is 5.91 Å². The van der Waals surface area contributed by atoms with Gasteiger partial charge in [0.1, 0.15) is 0 Å². The molecule has 0 aliphatic rings. The van der Waals surface area contributed by atoms with Crippen LogP contribution in [-0.2, 0) is 7.05 Å². The van der Waals surface area contributed by atoms with Gasteiger partial charge in [0, 0.05) is 17.4 Å². The first-order valence-electron chi connectivity index (χ1n) is 5.14. The van der Waals surface area contributed by atoms with Crippen LogP contribution in [0.3, 0.4) is 0 Å². The Morgan fingerprint density at radius 3 is 2.76 bits per heavy atom. The second kappa shape index (κ2) is 5.81. The van der Waals surface area contributed by atoms with Crippen molar-refractivity contribution in [2.24, 2.45) is 7.05 Å². The van der Waals surface area contributed by atoms with E-state index in [2.05, 4.69) is 21.2 Å². The summed E-state index contributed by atoms with van der Waals surface area (Å²) in [4.78, 5) is 21.9. The van der Waals surface area contributed by atoms with Crippen LogP contribution in [0.1, 0.15) is 23.8 Å². The van der Waals surface area contributed by atoms with E-state index in [9.17, 15) is 14.9 Å². The van der Waals surface area contributed by atoms with Crippen molar-refractivity contribution < 1.29 is 9.72 Å². The van der Waals surface area contributed by atoms with Crippen LogP contribution in [0, 0.1) is 10.1 Å². The Hall–Kier alpha value is -1.37. The van der Waals surface area contributed by atoms with E-state index in [1.54, 1.807) is 0 Å². The summed E-state index contributed by atoms with van der Waals surface area (Å²) < 4.78 is 1.27. The van der Waals surface area contributed by atoms with E-state index in [-0.39, 0.29) is 23.5 Å². The van der Waals surface area contributed by atoms with E-state index >= 15 is 0 Å². The third kappa shape index (κ3) is 3.29. The third-order valence-corrected chi connectivity index (χ3v) is 2.89. The molecule has 0 radical (unpaired) electrons. The molecule has 1 N–H and O–H groups in total. The number of amides is 1. The molecule has 1 aromatic heterocycles. The molecule has 0 spiro atoms. The molecular formula is C10H14BrN3O3. The SMILES string of the molecule is CC(CCBr)NC(=O)c1ccc([N+](=O)[O-])n1C. The summed E-state index contributed by atoms with van der Waals surface area (Å²) in [7, 11) is 1.50. The molecule has 0 aliphatic heterocycles. The lowest BCUT2D eigenvalue weighted by molar-refractivity contribution is -0.391. The van der Waals surface area contributed by atoms with Gasteiger partial charge >= 0.3 is 5.82 Å². The van der Waals surface area contributed by atoms with Gasteiger partial charge in [-0.2, -0.15) is 0 Å². The number of nitro groups is 1. The fraction of sp³-hybridized carbons (Fsp3) is 0.500. The molecule has 1 amide bonds. The standard InChI is InChI=1S/C10H14BrN3O3/c1-7(5-6-11)12-10(15)8-3-4-9(13(8)2)14(16)17/h3-4,7H,5-6H2,1-2H3,(H,12,15). The number of hydrogen-bond donors (Lipinski definition) is 1. The van der Waals surface area contributed by atoms with Crippen LogP contribution >= 0.6 is 15.9 Å². The summed E-state index contributed by atoms with van der Waals surface area (Å²) in [6, 6.07) is 2.80. The summed E-state index contributed by atoms with van der Waals surface area (Å²) in [5, 5.41) is 14.2. The number of aromatic nitrogens is 1. The van der Waals surface area contributed by atoms with E-state index in [1.807, 2.05) is 6.92 Å². The highest BCUT2D eigenvalue weighted by atomic mass is 79.9. The predicted molar refractivity (Wildman–Crippen MR) is 67.4 cm³/mol. The number of carbonyl (C=O) groups is 1. The molecule has 17 heavy (non-hydrogen) atoms. The molecule has 6 nitrogen and oxygen atoms in total. The number of rotatable bonds is 5. The molecule has 1 heterocycles. The Morgan fingerprint density at radius 2 is 2.29 bits per heavy atom. The number of hydrogen-bond acceptors (Lipinski definition) is 3. The minimum Gasteiger partial charge on any atom is -0.358 e. The second-order valence-electron chi connectivity index (χ2n) is 3.75. The van der Waals surface area contributed by atoms with Gasteiger partial charge in [-0.05, 0) is 24.3 Å². The zero-order valence-corrected chi connectivity index (χ0v) is 11.2. The van der Waals surface area contributed by atoms with Gasteiger partial charge in [0.15, 0.2) is 5.69 Å². The van der Waals surface area contributed by atoms with Gasteiger partial charge in [0.05, 0.1) is 7.05 Å². The van der Waals surface area contributed by atoms with Crippen LogP contribution in [-0.4, -0.2) is 26.8 Å². The number of carbonyl (C=O) groups excluding carboxylic acids is 1. The third-order valence-electron chi connectivity index (χ3n) is 2.43. The van der Waals surface area contributed by atoms with Crippen LogP contribution < -0.4 is 5.32 Å². The van der Waals surface area contributed by atoms with Crippen LogP contribution in [0.15, 0.2) is 12.1 Å². The summed E-state index contributed by atoms with van der Waals surface area (Å²) in [6.45, 7) is 1.89. The van der Waals surface area contributed by atoms with Crippen molar-refractivity contribution >= 4 is 27.7 Å². The molecule has 0 bridgehead atoms. The van der Waals surface area contributed by atoms with Crippen molar-refractivity contribution in [1.82, 2.24) is 9.88 Å². The van der Waals surface area contributed by atoms with E-state index in [1.165, 1.54) is 23.7 Å². The fourth-order valence-corrected chi connectivity index (χ4v) is 2.13. The molecule has 0 fully saturated rings. The van der Waals surface area contributed by atoms with E-state index in [0.29, 0.717) is 0 Å². The minimum atomic E-state index is -0.515. The molecule has 0 aliphatic carbocycles. The zero-order valence-electron chi connectivity index (χ0n) is 9.64. The maximum atomic E-state index is 11.8. The van der Waals surface area contributed by atoms with E-state index in [4.69, 9.17) is 0 Å². The molecule has 0 aromatic carbocycles. The summed E-state index contributed by atoms with van der Waals surface area (Å²) in [5.74, 6) is -0.391. The van der Waals surface area contributed by atoms with Gasteiger partial charge in [-0.15, -0.1) is 0 Å². The molecule has 94 valence electrons. The normalized spacial score (nSPS) is 12.2. The van der Waals surface area contributed by atoms with Crippen molar-refractivity contribution in [1.29, 1.82) is 0 Å². The predicted octanol–water partition coefficient (Wildman–Crippen LogP) is 1.84.